The van der Waals surface area contributed by atoms with Crippen LogP contribution in [0.1, 0.15) is 42.3 Å². The number of carbonyl (C=O) groups excluding carboxylic acids is 2. The minimum Gasteiger partial charge on any atom is -0.456 e. The first kappa shape index (κ1) is 12.0. The summed E-state index contributed by atoms with van der Waals surface area (Å²) in [7, 11) is 0. The number of cyclic esters (lactones) is 2. The number of carbonyl (C=O) groups is 2. The van der Waals surface area contributed by atoms with Crippen molar-refractivity contribution in [2.45, 2.75) is 32.0 Å². The molecule has 0 spiro atoms. The lowest BCUT2D eigenvalue weighted by Crippen LogP contribution is -2.33. The number of benzene rings is 1. The smallest absolute Gasteiger partial charge is 0.339 e. The second-order valence-electron chi connectivity index (χ2n) is 5.45. The summed E-state index contributed by atoms with van der Waals surface area (Å²) in [4.78, 5) is 23.4. The van der Waals surface area contributed by atoms with E-state index in [9.17, 15) is 9.59 Å². The molecular formula is C15H14O4. The van der Waals surface area contributed by atoms with Crippen LogP contribution in [0.3, 0.4) is 0 Å². The number of hydrogen-bond donors (Lipinski definition) is 0. The molecule has 19 heavy (non-hydrogen) atoms. The largest absolute Gasteiger partial charge is 0.456 e. The summed E-state index contributed by atoms with van der Waals surface area (Å²) >= 11 is 0. The van der Waals surface area contributed by atoms with Crippen LogP contribution in [0.4, 0.5) is 0 Å². The van der Waals surface area contributed by atoms with E-state index < -0.39 is 11.7 Å². The van der Waals surface area contributed by atoms with E-state index in [0.29, 0.717) is 12.0 Å². The van der Waals surface area contributed by atoms with Gasteiger partial charge in [0, 0.05) is 18.1 Å². The van der Waals surface area contributed by atoms with Crippen molar-refractivity contribution >= 4 is 11.9 Å². The number of ether oxygens (including phenoxy) is 2. The van der Waals surface area contributed by atoms with Crippen molar-refractivity contribution in [2.75, 3.05) is 0 Å². The molecule has 2 aliphatic heterocycles. The number of esters is 2. The van der Waals surface area contributed by atoms with Crippen LogP contribution in [-0.2, 0) is 14.3 Å². The maximum absolute atomic E-state index is 11.8. The molecule has 0 bridgehead atoms. The van der Waals surface area contributed by atoms with E-state index in [4.69, 9.17) is 9.47 Å². The summed E-state index contributed by atoms with van der Waals surface area (Å²) in [6.07, 6.45) is 1.53. The van der Waals surface area contributed by atoms with Crippen molar-refractivity contribution in [1.29, 1.82) is 0 Å². The van der Waals surface area contributed by atoms with Gasteiger partial charge in [0.05, 0.1) is 5.56 Å². The highest BCUT2D eigenvalue weighted by molar-refractivity contribution is 5.95. The molecule has 3 rings (SSSR count). The van der Waals surface area contributed by atoms with Crippen LogP contribution in [0.5, 0.6) is 0 Å². The Morgan fingerprint density at radius 3 is 2.68 bits per heavy atom. The van der Waals surface area contributed by atoms with Crippen LogP contribution >= 0.6 is 0 Å². The van der Waals surface area contributed by atoms with Crippen LogP contribution in [0, 0.1) is 0 Å². The van der Waals surface area contributed by atoms with Crippen molar-refractivity contribution in [3.63, 3.8) is 0 Å². The summed E-state index contributed by atoms with van der Waals surface area (Å²) < 4.78 is 10.6. The van der Waals surface area contributed by atoms with Crippen molar-refractivity contribution in [3.8, 4) is 0 Å². The fourth-order valence-corrected chi connectivity index (χ4v) is 2.62. The van der Waals surface area contributed by atoms with Gasteiger partial charge < -0.3 is 9.47 Å². The molecule has 1 unspecified atom stereocenters. The third kappa shape index (κ3) is 2.03. The maximum atomic E-state index is 11.8. The Kier molecular flexibility index (Phi) is 2.49. The molecule has 2 aliphatic rings. The zero-order chi connectivity index (χ0) is 13.6. The fourth-order valence-electron chi connectivity index (χ4n) is 2.62. The first-order chi connectivity index (χ1) is 8.96. The highest BCUT2D eigenvalue weighted by Gasteiger charge is 2.38. The fraction of sp³-hybridized carbons (Fsp3) is 0.333. The first-order valence-electron chi connectivity index (χ1n) is 6.20. The van der Waals surface area contributed by atoms with Crippen LogP contribution < -0.4 is 0 Å². The Morgan fingerprint density at radius 2 is 1.95 bits per heavy atom. The van der Waals surface area contributed by atoms with E-state index in [1.807, 2.05) is 26.0 Å². The molecule has 4 nitrogen and oxygen atoms in total. The molecule has 0 aromatic heterocycles. The Hall–Kier alpha value is -2.10. The zero-order valence-corrected chi connectivity index (χ0v) is 10.8. The molecule has 0 radical (unpaired) electrons. The van der Waals surface area contributed by atoms with E-state index in [2.05, 4.69) is 0 Å². The molecule has 98 valence electrons. The lowest BCUT2D eigenvalue weighted by atomic mass is 9.89. The Bertz CT molecular complexity index is 598. The van der Waals surface area contributed by atoms with Gasteiger partial charge in [0.2, 0.25) is 0 Å². The lowest BCUT2D eigenvalue weighted by Gasteiger charge is -2.31. The van der Waals surface area contributed by atoms with E-state index in [-0.39, 0.29) is 11.9 Å². The lowest BCUT2D eigenvalue weighted by molar-refractivity contribution is -0.152. The number of fused-ring (bicyclic) bond motifs is 1. The Labute approximate surface area is 111 Å². The number of rotatable bonds is 1. The highest BCUT2D eigenvalue weighted by atomic mass is 16.6. The standard InChI is InChI=1S/C15H14O4/c1-15(2)8-9(7-12(16)19-15)13-10-5-3-4-6-11(10)14(17)18-13/h3-7,13H,8H2,1-2H3. The Balaban J connectivity index is 2.01. The van der Waals surface area contributed by atoms with Crippen molar-refractivity contribution in [1.82, 2.24) is 0 Å². The van der Waals surface area contributed by atoms with Gasteiger partial charge in [-0.2, -0.15) is 0 Å². The zero-order valence-electron chi connectivity index (χ0n) is 10.8. The second kappa shape index (κ2) is 3.95. The van der Waals surface area contributed by atoms with Gasteiger partial charge in [-0.05, 0) is 25.5 Å². The predicted molar refractivity (Wildman–Crippen MR) is 67.5 cm³/mol. The van der Waals surface area contributed by atoms with Gasteiger partial charge >= 0.3 is 11.9 Å². The molecular weight excluding hydrogens is 244 g/mol. The molecule has 0 saturated carbocycles. The molecule has 0 N–H and O–H groups in total. The van der Waals surface area contributed by atoms with Crippen molar-refractivity contribution < 1.29 is 19.1 Å². The monoisotopic (exact) mass is 258 g/mol. The third-order valence-electron chi connectivity index (χ3n) is 3.33. The van der Waals surface area contributed by atoms with Gasteiger partial charge in [0.1, 0.15) is 11.7 Å². The normalized spacial score (nSPS) is 24.3. The topological polar surface area (TPSA) is 52.6 Å². The van der Waals surface area contributed by atoms with E-state index in [1.165, 1.54) is 6.08 Å². The minimum absolute atomic E-state index is 0.335. The van der Waals surface area contributed by atoms with Crippen LogP contribution in [0.2, 0.25) is 0 Å². The van der Waals surface area contributed by atoms with Gasteiger partial charge in [-0.15, -0.1) is 0 Å². The summed E-state index contributed by atoms with van der Waals surface area (Å²) in [5.41, 5.74) is 1.62. The van der Waals surface area contributed by atoms with Crippen LogP contribution in [-0.4, -0.2) is 17.5 Å². The quantitative estimate of drug-likeness (QED) is 0.726. The molecule has 2 heterocycles. The van der Waals surface area contributed by atoms with Crippen LogP contribution in [0.15, 0.2) is 35.9 Å². The summed E-state index contributed by atoms with van der Waals surface area (Å²) in [6.45, 7) is 3.70. The van der Waals surface area contributed by atoms with Gasteiger partial charge in [-0.25, -0.2) is 9.59 Å². The molecule has 1 aromatic rings. The molecule has 0 amide bonds. The molecule has 0 fully saturated rings. The van der Waals surface area contributed by atoms with Gasteiger partial charge in [-0.1, -0.05) is 18.2 Å². The summed E-state index contributed by atoms with van der Waals surface area (Å²) in [6, 6.07) is 7.26. The maximum Gasteiger partial charge on any atom is 0.339 e. The van der Waals surface area contributed by atoms with Crippen molar-refractivity contribution in [2.24, 2.45) is 0 Å². The average Bonchev–Trinajstić information content (AvgIpc) is 2.65. The second-order valence-corrected chi connectivity index (χ2v) is 5.45. The SMILES string of the molecule is CC1(C)CC(C2OC(=O)c3ccccc32)=CC(=O)O1. The van der Waals surface area contributed by atoms with E-state index in [1.54, 1.807) is 12.1 Å². The molecule has 0 saturated heterocycles. The molecule has 4 heteroatoms. The average molecular weight is 258 g/mol. The predicted octanol–water partition coefficient (Wildman–Crippen LogP) is 2.55. The van der Waals surface area contributed by atoms with E-state index in [0.717, 1.165) is 11.1 Å². The van der Waals surface area contributed by atoms with E-state index >= 15 is 0 Å². The van der Waals surface area contributed by atoms with Gasteiger partial charge in [0.25, 0.3) is 0 Å². The minimum atomic E-state index is -0.564. The first-order valence-corrected chi connectivity index (χ1v) is 6.20. The third-order valence-corrected chi connectivity index (χ3v) is 3.33. The molecule has 1 aromatic carbocycles. The Morgan fingerprint density at radius 1 is 1.21 bits per heavy atom. The van der Waals surface area contributed by atoms with Crippen molar-refractivity contribution in [3.05, 3.63) is 47.0 Å². The molecule has 1 atom stereocenters. The molecule has 0 aliphatic carbocycles. The number of hydrogen-bond acceptors (Lipinski definition) is 4. The highest BCUT2D eigenvalue weighted by Crippen LogP contribution is 2.41. The van der Waals surface area contributed by atoms with Crippen LogP contribution in [0.25, 0.3) is 0 Å². The van der Waals surface area contributed by atoms with Gasteiger partial charge in [-0.3, -0.25) is 0 Å². The summed E-state index contributed by atoms with van der Waals surface area (Å²) in [5.74, 6) is -0.718. The summed E-state index contributed by atoms with van der Waals surface area (Å²) in [5, 5.41) is 0. The van der Waals surface area contributed by atoms with Gasteiger partial charge in [0.15, 0.2) is 0 Å².